The number of hydrogen-bond acceptors (Lipinski definition) is 3. The van der Waals surface area contributed by atoms with Crippen molar-refractivity contribution in [1.82, 2.24) is 0 Å². The van der Waals surface area contributed by atoms with Crippen molar-refractivity contribution in [2.45, 2.75) is 59.3 Å². The monoisotopic (exact) mass is 266 g/mol. The molecule has 1 aliphatic heterocycles. The molecule has 0 bridgehead atoms. The van der Waals surface area contributed by atoms with Gasteiger partial charge in [-0.2, -0.15) is 0 Å². The Morgan fingerprint density at radius 3 is 2.58 bits per heavy atom. The maximum absolute atomic E-state index is 11.5. The Labute approximate surface area is 116 Å². The normalized spacial score (nSPS) is 22.2. The number of rotatable bonds is 8. The van der Waals surface area contributed by atoms with Gasteiger partial charge in [-0.25, -0.2) is 0 Å². The third-order valence-corrected chi connectivity index (χ3v) is 3.83. The van der Waals surface area contributed by atoms with Crippen molar-refractivity contribution in [3.8, 4) is 0 Å². The zero-order valence-corrected chi connectivity index (χ0v) is 12.4. The van der Waals surface area contributed by atoms with E-state index in [1.165, 1.54) is 19.3 Å². The van der Waals surface area contributed by atoms with Gasteiger partial charge in [0.15, 0.2) is 0 Å². The van der Waals surface area contributed by atoms with Gasteiger partial charge in [-0.1, -0.05) is 52.2 Å². The van der Waals surface area contributed by atoms with Crippen molar-refractivity contribution in [2.75, 3.05) is 0 Å². The zero-order chi connectivity index (χ0) is 14.4. The molecular formula is C16H26O3. The lowest BCUT2D eigenvalue weighted by atomic mass is 9.85. The van der Waals surface area contributed by atoms with Crippen molar-refractivity contribution in [3.05, 3.63) is 12.2 Å². The molecule has 0 amide bonds. The van der Waals surface area contributed by atoms with E-state index in [-0.39, 0.29) is 6.42 Å². The molecule has 1 aliphatic rings. The van der Waals surface area contributed by atoms with E-state index in [1.54, 1.807) is 0 Å². The molecule has 0 aromatic heterocycles. The minimum Gasteiger partial charge on any atom is -0.393 e. The second-order valence-electron chi connectivity index (χ2n) is 6.00. The van der Waals surface area contributed by atoms with E-state index in [0.29, 0.717) is 11.8 Å². The smallest absolute Gasteiger partial charge is 0.321 e. The topological polar surface area (TPSA) is 43.4 Å². The number of cyclic esters (lactones) is 2. The fourth-order valence-corrected chi connectivity index (χ4v) is 2.82. The third-order valence-electron chi connectivity index (χ3n) is 3.83. The summed E-state index contributed by atoms with van der Waals surface area (Å²) in [4.78, 5) is 22.5. The van der Waals surface area contributed by atoms with Gasteiger partial charge in [0.2, 0.25) is 0 Å². The minimum absolute atomic E-state index is 0.176. The molecule has 3 atom stereocenters. The first-order chi connectivity index (χ1) is 8.93. The van der Waals surface area contributed by atoms with Crippen LogP contribution in [0.3, 0.4) is 0 Å². The van der Waals surface area contributed by atoms with Crippen LogP contribution in [0.1, 0.15) is 59.3 Å². The van der Waals surface area contributed by atoms with E-state index in [0.717, 1.165) is 18.4 Å². The summed E-state index contributed by atoms with van der Waals surface area (Å²) in [5, 5.41) is 0. The Hall–Kier alpha value is -1.12. The second kappa shape index (κ2) is 7.46. The second-order valence-corrected chi connectivity index (χ2v) is 6.00. The quantitative estimate of drug-likeness (QED) is 0.380. The van der Waals surface area contributed by atoms with Crippen molar-refractivity contribution in [2.24, 2.45) is 17.8 Å². The summed E-state index contributed by atoms with van der Waals surface area (Å²) in [6.07, 6.45) is 5.91. The van der Waals surface area contributed by atoms with Gasteiger partial charge in [0.25, 0.3) is 0 Å². The van der Waals surface area contributed by atoms with E-state index >= 15 is 0 Å². The highest BCUT2D eigenvalue weighted by Gasteiger charge is 2.35. The van der Waals surface area contributed by atoms with Gasteiger partial charge in [0.1, 0.15) is 0 Å². The summed E-state index contributed by atoms with van der Waals surface area (Å²) < 4.78 is 4.57. The van der Waals surface area contributed by atoms with E-state index in [4.69, 9.17) is 0 Å². The molecular weight excluding hydrogens is 240 g/mol. The third kappa shape index (κ3) is 5.17. The molecule has 3 unspecified atom stereocenters. The summed E-state index contributed by atoms with van der Waals surface area (Å²) in [7, 11) is 0. The largest absolute Gasteiger partial charge is 0.393 e. The molecule has 3 nitrogen and oxygen atoms in total. The van der Waals surface area contributed by atoms with Crippen LogP contribution in [-0.4, -0.2) is 11.9 Å². The summed E-state index contributed by atoms with van der Waals surface area (Å²) >= 11 is 0. The standard InChI is InChI=1S/C16H26O3/c1-5-6-7-11(2)8-12(3)9-13(4)14-10-15(17)19-16(14)18/h11-12,14H,4-10H2,1-3H3. The van der Waals surface area contributed by atoms with Crippen LogP contribution in [0.25, 0.3) is 0 Å². The average Bonchev–Trinajstić information content (AvgIpc) is 2.65. The van der Waals surface area contributed by atoms with Gasteiger partial charge in [-0.15, -0.1) is 0 Å². The Kier molecular flexibility index (Phi) is 6.26. The summed E-state index contributed by atoms with van der Waals surface area (Å²) in [6.45, 7) is 10.7. The lowest BCUT2D eigenvalue weighted by Crippen LogP contribution is -2.13. The zero-order valence-electron chi connectivity index (χ0n) is 12.4. The Bertz CT molecular complexity index is 346. The number of carbonyl (C=O) groups is 2. The Morgan fingerprint density at radius 2 is 2.05 bits per heavy atom. The lowest BCUT2D eigenvalue weighted by Gasteiger charge is -2.19. The molecule has 1 rings (SSSR count). The average molecular weight is 266 g/mol. The SMILES string of the molecule is C=C(CC(C)CC(C)CCCC)C1CC(=O)OC1=O. The molecule has 1 saturated heterocycles. The van der Waals surface area contributed by atoms with Crippen LogP contribution in [0.4, 0.5) is 0 Å². The molecule has 0 spiro atoms. The maximum atomic E-state index is 11.5. The van der Waals surface area contributed by atoms with Crippen LogP contribution in [0.2, 0.25) is 0 Å². The van der Waals surface area contributed by atoms with Crippen LogP contribution >= 0.6 is 0 Å². The highest BCUT2D eigenvalue weighted by Crippen LogP contribution is 2.30. The first-order valence-corrected chi connectivity index (χ1v) is 7.36. The molecule has 0 radical (unpaired) electrons. The Morgan fingerprint density at radius 1 is 1.37 bits per heavy atom. The highest BCUT2D eigenvalue weighted by atomic mass is 16.6. The van der Waals surface area contributed by atoms with Gasteiger partial charge in [0, 0.05) is 0 Å². The van der Waals surface area contributed by atoms with Crippen LogP contribution in [0, 0.1) is 17.8 Å². The van der Waals surface area contributed by atoms with Gasteiger partial charge in [-0.3, -0.25) is 9.59 Å². The number of carbonyl (C=O) groups excluding carboxylic acids is 2. The number of unbranched alkanes of at least 4 members (excludes halogenated alkanes) is 1. The molecule has 0 aliphatic carbocycles. The van der Waals surface area contributed by atoms with Crippen LogP contribution in [-0.2, 0) is 14.3 Å². The summed E-state index contributed by atoms with van der Waals surface area (Å²) in [6, 6.07) is 0. The van der Waals surface area contributed by atoms with E-state index in [9.17, 15) is 9.59 Å². The fraction of sp³-hybridized carbons (Fsp3) is 0.750. The summed E-state index contributed by atoms with van der Waals surface area (Å²) in [5.74, 6) is -0.0231. The molecule has 1 heterocycles. The maximum Gasteiger partial charge on any atom is 0.321 e. The minimum atomic E-state index is -0.417. The van der Waals surface area contributed by atoms with Gasteiger partial charge >= 0.3 is 11.9 Å². The molecule has 0 aromatic carbocycles. The molecule has 19 heavy (non-hydrogen) atoms. The summed E-state index contributed by atoms with van der Waals surface area (Å²) in [5.41, 5.74) is 0.853. The first kappa shape index (κ1) is 15.9. The first-order valence-electron chi connectivity index (χ1n) is 7.36. The molecule has 0 aromatic rings. The Balaban J connectivity index is 2.35. The van der Waals surface area contributed by atoms with E-state index in [1.807, 2.05) is 0 Å². The van der Waals surface area contributed by atoms with Gasteiger partial charge in [0.05, 0.1) is 12.3 Å². The fourth-order valence-electron chi connectivity index (χ4n) is 2.82. The molecule has 3 heteroatoms. The molecule has 108 valence electrons. The molecule has 0 saturated carbocycles. The van der Waals surface area contributed by atoms with Crippen molar-refractivity contribution < 1.29 is 14.3 Å². The van der Waals surface area contributed by atoms with Crippen LogP contribution < -0.4 is 0 Å². The van der Waals surface area contributed by atoms with Gasteiger partial charge in [-0.05, 0) is 24.7 Å². The van der Waals surface area contributed by atoms with Crippen LogP contribution in [0.15, 0.2) is 12.2 Å². The van der Waals surface area contributed by atoms with Crippen LogP contribution in [0.5, 0.6) is 0 Å². The van der Waals surface area contributed by atoms with Crippen molar-refractivity contribution in [1.29, 1.82) is 0 Å². The van der Waals surface area contributed by atoms with Crippen molar-refractivity contribution >= 4 is 11.9 Å². The predicted molar refractivity (Wildman–Crippen MR) is 75.4 cm³/mol. The van der Waals surface area contributed by atoms with Gasteiger partial charge < -0.3 is 4.74 Å². The van der Waals surface area contributed by atoms with Crippen molar-refractivity contribution in [3.63, 3.8) is 0 Å². The number of esters is 2. The van der Waals surface area contributed by atoms with E-state index < -0.39 is 17.9 Å². The predicted octanol–water partition coefficient (Wildman–Crippen LogP) is 3.87. The van der Waals surface area contributed by atoms with E-state index in [2.05, 4.69) is 32.1 Å². The number of ether oxygens (including phenoxy) is 1. The highest BCUT2D eigenvalue weighted by molar-refractivity contribution is 5.96. The lowest BCUT2D eigenvalue weighted by molar-refractivity contribution is -0.152. The number of hydrogen-bond donors (Lipinski definition) is 0. The molecule has 1 fully saturated rings. The molecule has 0 N–H and O–H groups in total.